The molecule has 1 aliphatic rings. The Balaban J connectivity index is 2.81. The molecule has 15 heteroatoms. The molecule has 5 atom stereocenters. The summed E-state index contributed by atoms with van der Waals surface area (Å²) in [5.41, 5.74) is 21.4. The second-order valence-corrected chi connectivity index (χ2v) is 8.04. The molecule has 5 unspecified atom stereocenters. The van der Waals surface area contributed by atoms with E-state index >= 15 is 0 Å². The fourth-order valence-electron chi connectivity index (χ4n) is 3.48. The first-order valence-electron chi connectivity index (χ1n) is 10.8. The maximum atomic E-state index is 12.9. The SMILES string of the molecule is CC(O)C(NC(=O)C1CCCN1C(=O)C(N)CCCN=C(N)N)C(=O)NC(CC(N)=O)C(=O)O. The Morgan fingerprint density at radius 3 is 2.32 bits per heavy atom. The van der Waals surface area contributed by atoms with Gasteiger partial charge in [-0.25, -0.2) is 4.79 Å². The molecular formula is C19H34N8O7. The van der Waals surface area contributed by atoms with Gasteiger partial charge in [0, 0.05) is 13.1 Å². The Morgan fingerprint density at radius 1 is 1.15 bits per heavy atom. The molecule has 0 aromatic rings. The van der Waals surface area contributed by atoms with Crippen LogP contribution in [0.3, 0.4) is 0 Å². The third-order valence-corrected chi connectivity index (χ3v) is 5.21. The third kappa shape index (κ3) is 8.82. The number of carboxylic acids is 1. The average Bonchev–Trinajstić information content (AvgIpc) is 3.22. The monoisotopic (exact) mass is 486 g/mol. The minimum Gasteiger partial charge on any atom is -0.480 e. The molecule has 15 nitrogen and oxygen atoms in total. The Hall–Kier alpha value is -3.46. The van der Waals surface area contributed by atoms with Gasteiger partial charge < -0.3 is 48.7 Å². The summed E-state index contributed by atoms with van der Waals surface area (Å²) in [5.74, 6) is -4.72. The van der Waals surface area contributed by atoms with E-state index in [0.29, 0.717) is 25.8 Å². The number of likely N-dealkylation sites (tertiary alicyclic amines) is 1. The third-order valence-electron chi connectivity index (χ3n) is 5.21. The number of aliphatic carboxylic acids is 1. The molecule has 0 radical (unpaired) electrons. The number of carbonyl (C=O) groups excluding carboxylic acids is 4. The standard InChI is InChI=1S/C19H34N8O7/c1-9(28)14(16(31)25-11(18(33)34)8-13(21)29)26-15(30)12-5-3-7-27(12)17(32)10(20)4-2-6-24-19(22)23/h9-12,14,28H,2-8,20H2,1H3,(H2,21,29)(H,25,31)(H,26,30)(H,33,34)(H4,22,23,24). The number of aliphatic hydroxyl groups excluding tert-OH is 1. The fourth-order valence-corrected chi connectivity index (χ4v) is 3.48. The fraction of sp³-hybridized carbons (Fsp3) is 0.684. The Morgan fingerprint density at radius 2 is 1.79 bits per heavy atom. The van der Waals surface area contributed by atoms with Crippen LogP contribution >= 0.6 is 0 Å². The molecule has 0 saturated carbocycles. The van der Waals surface area contributed by atoms with E-state index in [2.05, 4.69) is 15.6 Å². The summed E-state index contributed by atoms with van der Waals surface area (Å²) < 4.78 is 0. The Bertz CT molecular complexity index is 800. The van der Waals surface area contributed by atoms with E-state index in [1.807, 2.05) is 0 Å². The lowest BCUT2D eigenvalue weighted by Crippen LogP contribution is -2.59. The lowest BCUT2D eigenvalue weighted by atomic mass is 10.1. The van der Waals surface area contributed by atoms with Crippen LogP contribution in [0.4, 0.5) is 0 Å². The maximum absolute atomic E-state index is 12.9. The molecule has 1 saturated heterocycles. The molecule has 12 N–H and O–H groups in total. The quantitative estimate of drug-likeness (QED) is 0.0704. The van der Waals surface area contributed by atoms with E-state index in [1.165, 1.54) is 11.8 Å². The summed E-state index contributed by atoms with van der Waals surface area (Å²) in [5, 5.41) is 23.6. The predicted octanol–water partition coefficient (Wildman–Crippen LogP) is -4.33. The van der Waals surface area contributed by atoms with Crippen molar-refractivity contribution in [2.75, 3.05) is 13.1 Å². The van der Waals surface area contributed by atoms with E-state index < -0.39 is 66.3 Å². The van der Waals surface area contributed by atoms with Gasteiger partial charge in [-0.1, -0.05) is 0 Å². The van der Waals surface area contributed by atoms with Crippen molar-refractivity contribution in [3.05, 3.63) is 0 Å². The van der Waals surface area contributed by atoms with Crippen molar-refractivity contribution in [3.63, 3.8) is 0 Å². The van der Waals surface area contributed by atoms with Gasteiger partial charge in [-0.05, 0) is 32.6 Å². The maximum Gasteiger partial charge on any atom is 0.326 e. The van der Waals surface area contributed by atoms with Gasteiger partial charge in [-0.2, -0.15) is 0 Å². The van der Waals surface area contributed by atoms with Crippen molar-refractivity contribution in [1.82, 2.24) is 15.5 Å². The number of carboxylic acid groups (broad SMARTS) is 1. The van der Waals surface area contributed by atoms with E-state index in [-0.39, 0.29) is 18.9 Å². The van der Waals surface area contributed by atoms with Crippen molar-refractivity contribution >= 4 is 35.6 Å². The topological polar surface area (TPSA) is 270 Å². The number of hydrogen-bond donors (Lipinski definition) is 8. The van der Waals surface area contributed by atoms with Gasteiger partial charge >= 0.3 is 5.97 Å². The van der Waals surface area contributed by atoms with E-state index in [4.69, 9.17) is 28.0 Å². The molecule has 1 rings (SSSR count). The lowest BCUT2D eigenvalue weighted by Gasteiger charge is -2.29. The lowest BCUT2D eigenvalue weighted by molar-refractivity contribution is -0.145. The van der Waals surface area contributed by atoms with Gasteiger partial charge in [0.25, 0.3) is 0 Å². The number of aliphatic imine (C=N–C) groups is 1. The number of guanidine groups is 1. The second-order valence-electron chi connectivity index (χ2n) is 8.04. The van der Waals surface area contributed by atoms with Crippen molar-refractivity contribution in [1.29, 1.82) is 0 Å². The summed E-state index contributed by atoms with van der Waals surface area (Å²) in [7, 11) is 0. The second kappa shape index (κ2) is 13.3. The molecular weight excluding hydrogens is 452 g/mol. The highest BCUT2D eigenvalue weighted by atomic mass is 16.4. The first-order valence-corrected chi connectivity index (χ1v) is 10.8. The Kier molecular flexibility index (Phi) is 11.2. The molecule has 0 aromatic heterocycles. The van der Waals surface area contributed by atoms with Crippen LogP contribution in [0.1, 0.15) is 39.0 Å². The van der Waals surface area contributed by atoms with Gasteiger partial charge in [-0.3, -0.25) is 24.2 Å². The van der Waals surface area contributed by atoms with Crippen molar-refractivity contribution in [3.8, 4) is 0 Å². The zero-order chi connectivity index (χ0) is 26.0. The van der Waals surface area contributed by atoms with Crippen LogP contribution in [-0.2, 0) is 24.0 Å². The zero-order valence-electron chi connectivity index (χ0n) is 19.0. The number of primary amides is 1. The van der Waals surface area contributed by atoms with Crippen LogP contribution in [0.25, 0.3) is 0 Å². The minimum atomic E-state index is -1.63. The van der Waals surface area contributed by atoms with E-state index in [9.17, 15) is 29.1 Å². The largest absolute Gasteiger partial charge is 0.480 e. The van der Waals surface area contributed by atoms with Crippen LogP contribution in [0.2, 0.25) is 0 Å². The molecule has 1 aliphatic heterocycles. The van der Waals surface area contributed by atoms with Crippen LogP contribution in [0.5, 0.6) is 0 Å². The van der Waals surface area contributed by atoms with Crippen LogP contribution in [-0.4, -0.2) is 94.0 Å². The molecule has 0 bridgehead atoms. The van der Waals surface area contributed by atoms with E-state index in [1.54, 1.807) is 0 Å². The first kappa shape index (κ1) is 28.6. The molecule has 0 spiro atoms. The number of nitrogens with zero attached hydrogens (tertiary/aromatic N) is 2. The van der Waals surface area contributed by atoms with Gasteiger partial charge in [0.1, 0.15) is 18.1 Å². The van der Waals surface area contributed by atoms with Crippen molar-refractivity contribution < 1.29 is 34.2 Å². The molecule has 1 heterocycles. The van der Waals surface area contributed by atoms with Gasteiger partial charge in [0.05, 0.1) is 18.6 Å². The Labute approximate surface area is 196 Å². The molecule has 192 valence electrons. The number of amides is 4. The predicted molar refractivity (Wildman–Crippen MR) is 120 cm³/mol. The number of nitrogens with one attached hydrogen (secondary N) is 2. The molecule has 0 aromatic carbocycles. The number of hydrogen-bond acceptors (Lipinski definition) is 8. The van der Waals surface area contributed by atoms with Gasteiger partial charge in [-0.15, -0.1) is 0 Å². The smallest absolute Gasteiger partial charge is 0.326 e. The summed E-state index contributed by atoms with van der Waals surface area (Å²) >= 11 is 0. The highest BCUT2D eigenvalue weighted by molar-refractivity contribution is 5.95. The minimum absolute atomic E-state index is 0.0721. The van der Waals surface area contributed by atoms with E-state index in [0.717, 1.165) is 0 Å². The van der Waals surface area contributed by atoms with Crippen molar-refractivity contribution in [2.45, 2.75) is 69.3 Å². The normalized spacial score (nSPS) is 18.8. The molecule has 34 heavy (non-hydrogen) atoms. The molecule has 4 amide bonds. The van der Waals surface area contributed by atoms with Crippen LogP contribution in [0, 0.1) is 0 Å². The molecule has 1 fully saturated rings. The van der Waals surface area contributed by atoms with Crippen molar-refractivity contribution in [2.24, 2.45) is 27.9 Å². The zero-order valence-corrected chi connectivity index (χ0v) is 19.0. The summed E-state index contributed by atoms with van der Waals surface area (Å²) in [6.07, 6.45) is -0.504. The summed E-state index contributed by atoms with van der Waals surface area (Å²) in [6.45, 7) is 1.80. The highest BCUT2D eigenvalue weighted by Gasteiger charge is 2.38. The number of rotatable bonds is 13. The number of aliphatic hydroxyl groups is 1. The van der Waals surface area contributed by atoms with Crippen LogP contribution < -0.4 is 33.6 Å². The van der Waals surface area contributed by atoms with Gasteiger partial charge in [0.2, 0.25) is 23.6 Å². The van der Waals surface area contributed by atoms with Gasteiger partial charge in [0.15, 0.2) is 5.96 Å². The highest BCUT2D eigenvalue weighted by Crippen LogP contribution is 2.19. The first-order chi connectivity index (χ1) is 15.8. The summed E-state index contributed by atoms with van der Waals surface area (Å²) in [4.78, 5) is 65.6. The molecule has 0 aliphatic carbocycles. The number of nitrogens with two attached hydrogens (primary N) is 4. The summed E-state index contributed by atoms with van der Waals surface area (Å²) in [6, 6.07) is -4.98. The number of carbonyl (C=O) groups is 5. The average molecular weight is 487 g/mol. The van der Waals surface area contributed by atoms with Crippen LogP contribution in [0.15, 0.2) is 4.99 Å².